The summed E-state index contributed by atoms with van der Waals surface area (Å²) in [4.78, 5) is 13.5. The van der Waals surface area contributed by atoms with E-state index in [9.17, 15) is 4.79 Å². The second-order valence-electron chi connectivity index (χ2n) is 4.82. The number of rotatable bonds is 5. The Morgan fingerprint density at radius 2 is 2.24 bits per heavy atom. The largest absolute Gasteiger partial charge is 0.493 e. The van der Waals surface area contributed by atoms with Gasteiger partial charge in [-0.3, -0.25) is 4.79 Å². The summed E-state index contributed by atoms with van der Waals surface area (Å²) in [5.74, 6) is 1.31. The molecule has 0 spiro atoms. The molecule has 1 aromatic rings. The molecule has 1 aromatic carbocycles. The molecule has 92 valence electrons. The van der Waals surface area contributed by atoms with E-state index in [0.29, 0.717) is 18.7 Å². The molecule has 0 aliphatic carbocycles. The molecule has 1 heterocycles. The fourth-order valence-corrected chi connectivity index (χ4v) is 2.11. The van der Waals surface area contributed by atoms with Gasteiger partial charge in [-0.15, -0.1) is 0 Å². The summed E-state index contributed by atoms with van der Waals surface area (Å²) in [5, 5.41) is 0. The van der Waals surface area contributed by atoms with Crippen LogP contribution in [-0.2, 0) is 17.6 Å². The van der Waals surface area contributed by atoms with Gasteiger partial charge in [-0.2, -0.15) is 0 Å². The molecule has 0 atom stereocenters. The normalized spacial score (nSPS) is 13.6. The van der Waals surface area contributed by atoms with E-state index in [1.54, 1.807) is 0 Å². The topological polar surface area (TPSA) is 29.5 Å². The Morgan fingerprint density at radius 3 is 3.00 bits per heavy atom. The molecule has 0 unspecified atom stereocenters. The van der Waals surface area contributed by atoms with E-state index >= 15 is 0 Å². The van der Waals surface area contributed by atoms with Gasteiger partial charge in [-0.25, -0.2) is 0 Å². The SMILES string of the molecule is CN(C)CC(=O)CCc1ccc2c(c1)CCO2. The van der Waals surface area contributed by atoms with E-state index in [0.717, 1.165) is 25.2 Å². The highest BCUT2D eigenvalue weighted by Gasteiger charge is 2.12. The lowest BCUT2D eigenvalue weighted by molar-refractivity contribution is -0.119. The van der Waals surface area contributed by atoms with Crippen LogP contribution in [0.5, 0.6) is 5.75 Å². The van der Waals surface area contributed by atoms with Crippen LogP contribution in [0, 0.1) is 0 Å². The first-order valence-corrected chi connectivity index (χ1v) is 6.06. The number of ketones is 1. The van der Waals surface area contributed by atoms with Crippen LogP contribution >= 0.6 is 0 Å². The third-order valence-corrected chi connectivity index (χ3v) is 2.94. The van der Waals surface area contributed by atoms with E-state index in [-0.39, 0.29) is 0 Å². The van der Waals surface area contributed by atoms with Crippen molar-refractivity contribution < 1.29 is 9.53 Å². The molecule has 0 radical (unpaired) electrons. The van der Waals surface area contributed by atoms with Crippen molar-refractivity contribution in [2.75, 3.05) is 27.2 Å². The number of aryl methyl sites for hydroxylation is 1. The van der Waals surface area contributed by atoms with Crippen molar-refractivity contribution in [3.8, 4) is 5.75 Å². The molecule has 1 aliphatic rings. The number of benzene rings is 1. The zero-order chi connectivity index (χ0) is 12.3. The van der Waals surface area contributed by atoms with Crippen LogP contribution in [0.3, 0.4) is 0 Å². The lowest BCUT2D eigenvalue weighted by atomic mass is 10.0. The average molecular weight is 233 g/mol. The molecule has 0 aromatic heterocycles. The highest BCUT2D eigenvalue weighted by atomic mass is 16.5. The number of fused-ring (bicyclic) bond motifs is 1. The van der Waals surface area contributed by atoms with E-state index in [1.165, 1.54) is 11.1 Å². The van der Waals surface area contributed by atoms with Crippen LogP contribution in [0.15, 0.2) is 18.2 Å². The maximum Gasteiger partial charge on any atom is 0.147 e. The third-order valence-electron chi connectivity index (χ3n) is 2.94. The summed E-state index contributed by atoms with van der Waals surface area (Å²) in [7, 11) is 3.84. The van der Waals surface area contributed by atoms with Gasteiger partial charge in [0.25, 0.3) is 0 Å². The standard InChI is InChI=1S/C14H19NO2/c1-15(2)10-13(16)5-3-11-4-6-14-12(9-11)7-8-17-14/h4,6,9H,3,5,7-8,10H2,1-2H3. The summed E-state index contributed by atoms with van der Waals surface area (Å²) < 4.78 is 5.46. The summed E-state index contributed by atoms with van der Waals surface area (Å²) in [5.41, 5.74) is 2.52. The van der Waals surface area contributed by atoms with Crippen molar-refractivity contribution in [2.45, 2.75) is 19.3 Å². The highest BCUT2D eigenvalue weighted by molar-refractivity contribution is 5.80. The predicted molar refractivity (Wildman–Crippen MR) is 67.5 cm³/mol. The Morgan fingerprint density at radius 1 is 1.41 bits per heavy atom. The number of carbonyl (C=O) groups is 1. The van der Waals surface area contributed by atoms with Gasteiger partial charge in [0.2, 0.25) is 0 Å². The van der Waals surface area contributed by atoms with Gasteiger partial charge in [0, 0.05) is 12.8 Å². The Kier molecular flexibility index (Phi) is 3.79. The van der Waals surface area contributed by atoms with Gasteiger partial charge in [0.15, 0.2) is 0 Å². The van der Waals surface area contributed by atoms with Gasteiger partial charge in [-0.05, 0) is 37.7 Å². The molecule has 2 rings (SSSR count). The van der Waals surface area contributed by atoms with Crippen LogP contribution in [0.4, 0.5) is 0 Å². The van der Waals surface area contributed by atoms with Crippen LogP contribution < -0.4 is 4.74 Å². The van der Waals surface area contributed by atoms with Gasteiger partial charge < -0.3 is 9.64 Å². The predicted octanol–water partition coefficient (Wildman–Crippen LogP) is 1.68. The quantitative estimate of drug-likeness (QED) is 0.775. The van der Waals surface area contributed by atoms with Gasteiger partial charge in [0.05, 0.1) is 13.2 Å². The lowest BCUT2D eigenvalue weighted by Crippen LogP contribution is -2.21. The van der Waals surface area contributed by atoms with Crippen LogP contribution in [0.25, 0.3) is 0 Å². The van der Waals surface area contributed by atoms with Crippen LogP contribution in [0.2, 0.25) is 0 Å². The Balaban J connectivity index is 1.89. The van der Waals surface area contributed by atoms with Crippen LogP contribution in [0.1, 0.15) is 17.5 Å². The number of hydrogen-bond acceptors (Lipinski definition) is 3. The number of ether oxygens (including phenoxy) is 1. The molecule has 3 heteroatoms. The lowest BCUT2D eigenvalue weighted by Gasteiger charge is -2.08. The highest BCUT2D eigenvalue weighted by Crippen LogP contribution is 2.26. The molecule has 0 saturated heterocycles. The Bertz CT molecular complexity index is 413. The zero-order valence-corrected chi connectivity index (χ0v) is 10.5. The zero-order valence-electron chi connectivity index (χ0n) is 10.5. The molecular weight excluding hydrogens is 214 g/mol. The number of Topliss-reactive ketones (excluding diaryl/α,β-unsaturated/α-hetero) is 1. The third kappa shape index (κ3) is 3.30. The van der Waals surface area contributed by atoms with Crippen LogP contribution in [-0.4, -0.2) is 37.9 Å². The summed E-state index contributed by atoms with van der Waals surface area (Å²) in [6, 6.07) is 6.26. The maximum absolute atomic E-state index is 11.6. The van der Waals surface area contributed by atoms with Gasteiger partial charge in [-0.1, -0.05) is 12.1 Å². The van der Waals surface area contributed by atoms with E-state index < -0.39 is 0 Å². The summed E-state index contributed by atoms with van der Waals surface area (Å²) >= 11 is 0. The fourth-order valence-electron chi connectivity index (χ4n) is 2.11. The summed E-state index contributed by atoms with van der Waals surface area (Å²) in [6.45, 7) is 1.33. The van der Waals surface area contributed by atoms with E-state index in [1.807, 2.05) is 25.1 Å². The minimum Gasteiger partial charge on any atom is -0.493 e. The van der Waals surface area contributed by atoms with E-state index in [4.69, 9.17) is 4.74 Å². The van der Waals surface area contributed by atoms with Gasteiger partial charge in [0.1, 0.15) is 11.5 Å². The molecule has 1 aliphatic heterocycles. The first kappa shape index (κ1) is 12.1. The average Bonchev–Trinajstić information content (AvgIpc) is 2.72. The fraction of sp³-hybridized carbons (Fsp3) is 0.500. The first-order valence-electron chi connectivity index (χ1n) is 6.06. The number of likely N-dealkylation sites (N-methyl/N-ethyl adjacent to an activating group) is 1. The molecule has 0 amide bonds. The van der Waals surface area contributed by atoms with Crippen molar-refractivity contribution in [3.05, 3.63) is 29.3 Å². The van der Waals surface area contributed by atoms with Crippen molar-refractivity contribution >= 4 is 5.78 Å². The molecule has 17 heavy (non-hydrogen) atoms. The second kappa shape index (κ2) is 5.32. The number of carbonyl (C=O) groups excluding carboxylic acids is 1. The molecule has 3 nitrogen and oxygen atoms in total. The van der Waals surface area contributed by atoms with Crippen molar-refractivity contribution in [3.63, 3.8) is 0 Å². The summed E-state index contributed by atoms with van der Waals surface area (Å²) in [6.07, 6.45) is 2.45. The monoisotopic (exact) mass is 233 g/mol. The van der Waals surface area contributed by atoms with Crippen molar-refractivity contribution in [1.82, 2.24) is 4.90 Å². The van der Waals surface area contributed by atoms with Crippen molar-refractivity contribution in [1.29, 1.82) is 0 Å². The minimum atomic E-state index is 0.298. The van der Waals surface area contributed by atoms with E-state index in [2.05, 4.69) is 12.1 Å². The second-order valence-corrected chi connectivity index (χ2v) is 4.82. The first-order chi connectivity index (χ1) is 8.15. The Hall–Kier alpha value is -1.35. The number of nitrogens with zero attached hydrogens (tertiary/aromatic N) is 1. The Labute approximate surface area is 102 Å². The minimum absolute atomic E-state index is 0.298. The smallest absolute Gasteiger partial charge is 0.147 e. The molecule has 0 fully saturated rings. The number of hydrogen-bond donors (Lipinski definition) is 0. The maximum atomic E-state index is 11.6. The van der Waals surface area contributed by atoms with Gasteiger partial charge >= 0.3 is 0 Å². The molecular formula is C14H19NO2. The van der Waals surface area contributed by atoms with Crippen molar-refractivity contribution in [2.24, 2.45) is 0 Å². The molecule has 0 saturated carbocycles. The molecule has 0 N–H and O–H groups in total. The molecule has 0 bridgehead atoms.